The predicted molar refractivity (Wildman–Crippen MR) is 77.8 cm³/mol. The van der Waals surface area contributed by atoms with E-state index in [4.69, 9.17) is 10.5 Å². The molecule has 3 rings (SSSR count). The molecular weight excluding hydrogens is 258 g/mol. The maximum Gasteiger partial charge on any atom is 0.240 e. The van der Waals surface area contributed by atoms with Crippen LogP contribution in [0.25, 0.3) is 10.2 Å². The number of para-hydroxylation sites is 1. The molecule has 0 amide bonds. The molecule has 0 bridgehead atoms. The van der Waals surface area contributed by atoms with Crippen LogP contribution in [0.4, 0.5) is 5.69 Å². The van der Waals surface area contributed by atoms with E-state index in [1.54, 1.807) is 11.3 Å². The zero-order chi connectivity index (χ0) is 13.4. The lowest BCUT2D eigenvalue weighted by Gasteiger charge is -2.09. The highest BCUT2D eigenvalue weighted by molar-refractivity contribution is 7.17. The molecule has 0 atom stereocenters. The molecule has 2 N–H and O–H groups in total. The maximum atomic E-state index is 6.01. The third-order valence-corrected chi connectivity index (χ3v) is 4.06. The Balaban J connectivity index is 2.08. The first kappa shape index (κ1) is 11.9. The molecule has 0 unspecified atom stereocenters. The van der Waals surface area contributed by atoms with Crippen LogP contribution in [0.1, 0.15) is 11.1 Å². The molecule has 3 aromatic rings. The van der Waals surface area contributed by atoms with E-state index >= 15 is 0 Å². The average Bonchev–Trinajstić information content (AvgIpc) is 2.78. The summed E-state index contributed by atoms with van der Waals surface area (Å²) in [6.07, 6.45) is 1.52. The largest absolute Gasteiger partial charge is 0.435 e. The molecule has 96 valence electrons. The monoisotopic (exact) mass is 271 g/mol. The Bertz CT molecular complexity index is 752. The molecule has 19 heavy (non-hydrogen) atoms. The molecule has 0 aliphatic rings. The van der Waals surface area contributed by atoms with E-state index in [1.807, 2.05) is 37.4 Å². The zero-order valence-electron chi connectivity index (χ0n) is 10.7. The highest BCUT2D eigenvalue weighted by Crippen LogP contribution is 2.35. The number of anilines is 1. The SMILES string of the molecule is Cc1cccc(Oc2ncnc3c(C)csc23)c1N. The molecule has 0 spiro atoms. The normalized spacial score (nSPS) is 10.8. The maximum absolute atomic E-state index is 6.01. The van der Waals surface area contributed by atoms with E-state index in [0.717, 1.165) is 21.3 Å². The van der Waals surface area contributed by atoms with Gasteiger partial charge >= 0.3 is 0 Å². The van der Waals surface area contributed by atoms with Gasteiger partial charge in [-0.05, 0) is 36.4 Å². The van der Waals surface area contributed by atoms with E-state index in [2.05, 4.69) is 9.97 Å². The molecule has 0 radical (unpaired) electrons. The molecule has 5 heteroatoms. The summed E-state index contributed by atoms with van der Waals surface area (Å²) in [6.45, 7) is 3.98. The molecule has 0 saturated carbocycles. The molecular formula is C14H13N3OS. The molecule has 0 aliphatic carbocycles. The minimum absolute atomic E-state index is 0.556. The number of rotatable bonds is 2. The summed E-state index contributed by atoms with van der Waals surface area (Å²) in [5.41, 5.74) is 9.71. The van der Waals surface area contributed by atoms with Gasteiger partial charge in [-0.25, -0.2) is 9.97 Å². The molecule has 4 nitrogen and oxygen atoms in total. The van der Waals surface area contributed by atoms with E-state index in [0.29, 0.717) is 17.3 Å². The van der Waals surface area contributed by atoms with Crippen molar-refractivity contribution in [3.63, 3.8) is 0 Å². The summed E-state index contributed by atoms with van der Waals surface area (Å²) >= 11 is 1.58. The van der Waals surface area contributed by atoms with E-state index in [1.165, 1.54) is 6.33 Å². The second-order valence-corrected chi connectivity index (χ2v) is 5.24. The Labute approximate surface area is 114 Å². The van der Waals surface area contributed by atoms with Crippen molar-refractivity contribution < 1.29 is 4.74 Å². The lowest BCUT2D eigenvalue weighted by atomic mass is 10.2. The number of ether oxygens (including phenoxy) is 1. The van der Waals surface area contributed by atoms with Gasteiger partial charge in [-0.1, -0.05) is 12.1 Å². The molecule has 0 fully saturated rings. The van der Waals surface area contributed by atoms with Gasteiger partial charge in [-0.3, -0.25) is 0 Å². The van der Waals surface area contributed by atoms with Gasteiger partial charge in [0.05, 0.1) is 11.2 Å². The first-order chi connectivity index (χ1) is 9.16. The smallest absolute Gasteiger partial charge is 0.240 e. The Kier molecular flexibility index (Phi) is 2.83. The summed E-state index contributed by atoms with van der Waals surface area (Å²) in [4.78, 5) is 8.48. The number of benzene rings is 1. The lowest BCUT2D eigenvalue weighted by Crippen LogP contribution is -1.96. The van der Waals surface area contributed by atoms with Crippen molar-refractivity contribution in [2.45, 2.75) is 13.8 Å². The summed E-state index contributed by atoms with van der Waals surface area (Å²) in [6, 6.07) is 5.71. The number of fused-ring (bicyclic) bond motifs is 1. The van der Waals surface area contributed by atoms with Gasteiger partial charge in [-0.15, -0.1) is 11.3 Å². The number of hydrogen-bond donors (Lipinski definition) is 1. The van der Waals surface area contributed by atoms with E-state index in [9.17, 15) is 0 Å². The Hall–Kier alpha value is -2.14. The Morgan fingerprint density at radius 1 is 1.16 bits per heavy atom. The van der Waals surface area contributed by atoms with E-state index < -0.39 is 0 Å². The van der Waals surface area contributed by atoms with Crippen molar-refractivity contribution in [1.82, 2.24) is 9.97 Å². The van der Waals surface area contributed by atoms with Crippen LogP contribution in [0.5, 0.6) is 11.6 Å². The number of thiophene rings is 1. The van der Waals surface area contributed by atoms with Gasteiger partial charge in [0.15, 0.2) is 5.75 Å². The van der Waals surface area contributed by atoms with Gasteiger partial charge in [0, 0.05) is 0 Å². The van der Waals surface area contributed by atoms with Crippen molar-refractivity contribution in [2.75, 3.05) is 5.73 Å². The quantitative estimate of drug-likeness (QED) is 0.722. The van der Waals surface area contributed by atoms with Crippen molar-refractivity contribution in [1.29, 1.82) is 0 Å². The number of nitrogens with two attached hydrogens (primary N) is 1. The summed E-state index contributed by atoms with van der Waals surface area (Å²) < 4.78 is 6.80. The summed E-state index contributed by atoms with van der Waals surface area (Å²) in [5, 5.41) is 2.05. The van der Waals surface area contributed by atoms with Crippen LogP contribution in [0.15, 0.2) is 29.9 Å². The lowest BCUT2D eigenvalue weighted by molar-refractivity contribution is 0.471. The molecule has 0 aliphatic heterocycles. The first-order valence-electron chi connectivity index (χ1n) is 5.88. The average molecular weight is 271 g/mol. The number of aromatic nitrogens is 2. The standard InChI is InChI=1S/C14H13N3OS/c1-8-4-3-5-10(11(8)15)18-14-13-12(16-7-17-14)9(2)6-19-13/h3-7H,15H2,1-2H3. The minimum Gasteiger partial charge on any atom is -0.435 e. The van der Waals surface area contributed by atoms with Crippen molar-refractivity contribution in [2.24, 2.45) is 0 Å². The van der Waals surface area contributed by atoms with Crippen LogP contribution in [0.2, 0.25) is 0 Å². The van der Waals surface area contributed by atoms with Crippen LogP contribution in [0.3, 0.4) is 0 Å². The zero-order valence-corrected chi connectivity index (χ0v) is 11.5. The second kappa shape index (κ2) is 4.51. The van der Waals surface area contributed by atoms with Crippen LogP contribution in [-0.4, -0.2) is 9.97 Å². The second-order valence-electron chi connectivity index (χ2n) is 4.36. The van der Waals surface area contributed by atoms with Gasteiger partial charge in [0.25, 0.3) is 0 Å². The number of hydrogen-bond acceptors (Lipinski definition) is 5. The predicted octanol–water partition coefficient (Wildman–Crippen LogP) is 3.68. The highest BCUT2D eigenvalue weighted by atomic mass is 32.1. The van der Waals surface area contributed by atoms with Gasteiger partial charge in [-0.2, -0.15) is 0 Å². The van der Waals surface area contributed by atoms with Crippen LogP contribution >= 0.6 is 11.3 Å². The van der Waals surface area contributed by atoms with Gasteiger partial charge < -0.3 is 10.5 Å². The fourth-order valence-electron chi connectivity index (χ4n) is 1.87. The third-order valence-electron chi connectivity index (χ3n) is 2.99. The fourth-order valence-corrected chi connectivity index (χ4v) is 2.79. The number of nitrogen functional groups attached to an aromatic ring is 1. The summed E-state index contributed by atoms with van der Waals surface area (Å²) in [7, 11) is 0. The molecule has 1 aromatic carbocycles. The third kappa shape index (κ3) is 2.02. The molecule has 2 heterocycles. The van der Waals surface area contributed by atoms with Gasteiger partial charge in [0.2, 0.25) is 5.88 Å². The first-order valence-corrected chi connectivity index (χ1v) is 6.76. The number of nitrogens with zero attached hydrogens (tertiary/aromatic N) is 2. The molecule has 0 saturated heterocycles. The Morgan fingerprint density at radius 2 is 2.00 bits per heavy atom. The summed E-state index contributed by atoms with van der Waals surface area (Å²) in [5.74, 6) is 1.19. The van der Waals surface area contributed by atoms with Crippen LogP contribution in [-0.2, 0) is 0 Å². The number of aryl methyl sites for hydroxylation is 2. The van der Waals surface area contributed by atoms with Crippen molar-refractivity contribution >= 4 is 27.2 Å². The highest BCUT2D eigenvalue weighted by Gasteiger charge is 2.11. The van der Waals surface area contributed by atoms with Crippen LogP contribution in [0, 0.1) is 13.8 Å². The minimum atomic E-state index is 0.556. The van der Waals surface area contributed by atoms with E-state index in [-0.39, 0.29) is 0 Å². The van der Waals surface area contributed by atoms with Gasteiger partial charge in [0.1, 0.15) is 11.0 Å². The van der Waals surface area contributed by atoms with Crippen molar-refractivity contribution in [3.05, 3.63) is 41.0 Å². The topological polar surface area (TPSA) is 61.0 Å². The van der Waals surface area contributed by atoms with Crippen LogP contribution < -0.4 is 10.5 Å². The fraction of sp³-hybridized carbons (Fsp3) is 0.143. The van der Waals surface area contributed by atoms with Crippen molar-refractivity contribution in [3.8, 4) is 11.6 Å². The molecule has 2 aromatic heterocycles. The Morgan fingerprint density at radius 3 is 2.84 bits per heavy atom.